The van der Waals surface area contributed by atoms with Gasteiger partial charge in [-0.2, -0.15) is 0 Å². The third kappa shape index (κ3) is 5.13. The van der Waals surface area contributed by atoms with Gasteiger partial charge in [-0.1, -0.05) is 0 Å². The van der Waals surface area contributed by atoms with Crippen LogP contribution in [0, 0.1) is 0 Å². The molecular weight excluding hydrogens is 308 g/mol. The van der Waals surface area contributed by atoms with Gasteiger partial charge in [0.05, 0.1) is 26.2 Å². The summed E-state index contributed by atoms with van der Waals surface area (Å²) in [5, 5.41) is 14.8. The highest BCUT2D eigenvalue weighted by Gasteiger charge is 2.24. The molecule has 0 spiro atoms. The standard InChI is InChI=1S/C17H26N4O3/c1-3-18-17(24)13(2)19-16(23)12-20-8-10-21(11-9-20)14-4-6-15(22)7-5-14/h4-7,13,22H,3,8-12H2,1-2H3,(H,18,24)(H,19,23)/p+1/t13-/m0/s1. The predicted octanol–water partition coefficient (Wildman–Crippen LogP) is -1.26. The van der Waals surface area contributed by atoms with Gasteiger partial charge in [0.15, 0.2) is 6.54 Å². The minimum atomic E-state index is -0.505. The second-order valence-corrected chi connectivity index (χ2v) is 6.11. The number of aromatic hydroxyl groups is 1. The molecule has 0 unspecified atom stereocenters. The van der Waals surface area contributed by atoms with Gasteiger partial charge in [0.2, 0.25) is 5.91 Å². The summed E-state index contributed by atoms with van der Waals surface area (Å²) in [6.45, 7) is 7.94. The zero-order valence-corrected chi connectivity index (χ0v) is 14.3. The van der Waals surface area contributed by atoms with E-state index < -0.39 is 6.04 Å². The lowest BCUT2D eigenvalue weighted by molar-refractivity contribution is -0.892. The molecule has 0 radical (unpaired) electrons. The minimum absolute atomic E-state index is 0.0955. The Morgan fingerprint density at radius 1 is 1.25 bits per heavy atom. The monoisotopic (exact) mass is 335 g/mol. The Kier molecular flexibility index (Phi) is 6.43. The van der Waals surface area contributed by atoms with Gasteiger partial charge in [0.25, 0.3) is 5.91 Å². The molecule has 1 aromatic carbocycles. The van der Waals surface area contributed by atoms with Gasteiger partial charge in [-0.25, -0.2) is 0 Å². The highest BCUT2D eigenvalue weighted by atomic mass is 16.3. The number of hydrogen-bond acceptors (Lipinski definition) is 4. The smallest absolute Gasteiger partial charge is 0.275 e. The van der Waals surface area contributed by atoms with E-state index in [0.717, 1.165) is 31.9 Å². The fourth-order valence-electron chi connectivity index (χ4n) is 2.83. The molecule has 0 aromatic heterocycles. The van der Waals surface area contributed by atoms with Crippen LogP contribution in [0.4, 0.5) is 5.69 Å². The second kappa shape index (κ2) is 8.54. The van der Waals surface area contributed by atoms with Crippen LogP contribution in [0.25, 0.3) is 0 Å². The number of nitrogens with zero attached hydrogens (tertiary/aromatic N) is 1. The van der Waals surface area contributed by atoms with Crippen LogP contribution in [0.5, 0.6) is 5.75 Å². The summed E-state index contributed by atoms with van der Waals surface area (Å²) in [5.41, 5.74) is 1.08. The maximum absolute atomic E-state index is 12.1. The Morgan fingerprint density at radius 2 is 1.88 bits per heavy atom. The van der Waals surface area contributed by atoms with Gasteiger partial charge < -0.3 is 25.5 Å². The van der Waals surface area contributed by atoms with Crippen molar-refractivity contribution in [3.63, 3.8) is 0 Å². The summed E-state index contributed by atoms with van der Waals surface area (Å²) in [5.74, 6) is 0.0146. The first-order chi connectivity index (χ1) is 11.5. The first-order valence-electron chi connectivity index (χ1n) is 8.44. The number of quaternary nitrogens is 1. The van der Waals surface area contributed by atoms with Crippen LogP contribution >= 0.6 is 0 Å². The molecule has 7 heteroatoms. The topological polar surface area (TPSA) is 86.1 Å². The predicted molar refractivity (Wildman–Crippen MR) is 92.2 cm³/mol. The Morgan fingerprint density at radius 3 is 2.46 bits per heavy atom. The van der Waals surface area contributed by atoms with Crippen molar-refractivity contribution >= 4 is 17.5 Å². The lowest BCUT2D eigenvalue weighted by Gasteiger charge is -2.33. The van der Waals surface area contributed by atoms with Crippen molar-refractivity contribution in [2.75, 3.05) is 44.2 Å². The Bertz CT molecular complexity index is 553. The SMILES string of the molecule is CCNC(=O)[C@H](C)NC(=O)C[NH+]1CCN(c2ccc(O)cc2)CC1. The van der Waals surface area contributed by atoms with Gasteiger partial charge in [-0.15, -0.1) is 0 Å². The number of hydrogen-bond donors (Lipinski definition) is 4. The molecule has 7 nitrogen and oxygen atoms in total. The van der Waals surface area contributed by atoms with Crippen LogP contribution in [-0.4, -0.2) is 62.2 Å². The van der Waals surface area contributed by atoms with Gasteiger partial charge in [-0.05, 0) is 38.1 Å². The van der Waals surface area contributed by atoms with E-state index in [1.54, 1.807) is 19.1 Å². The molecule has 2 amide bonds. The maximum Gasteiger partial charge on any atom is 0.275 e. The molecule has 0 saturated carbocycles. The van der Waals surface area contributed by atoms with Gasteiger partial charge in [0.1, 0.15) is 11.8 Å². The number of piperazine rings is 1. The molecule has 24 heavy (non-hydrogen) atoms. The molecule has 1 fully saturated rings. The number of carbonyl (C=O) groups is 2. The van der Waals surface area contributed by atoms with Crippen molar-refractivity contribution < 1.29 is 19.6 Å². The van der Waals surface area contributed by atoms with E-state index in [4.69, 9.17) is 0 Å². The summed E-state index contributed by atoms with van der Waals surface area (Å²) < 4.78 is 0. The molecule has 0 aliphatic carbocycles. The number of phenolic OH excluding ortho intramolecular Hbond substituents is 1. The summed E-state index contributed by atoms with van der Waals surface area (Å²) in [6, 6.07) is 6.67. The average Bonchev–Trinajstić information content (AvgIpc) is 2.56. The van der Waals surface area contributed by atoms with Crippen molar-refractivity contribution in [2.24, 2.45) is 0 Å². The molecule has 1 saturated heterocycles. The first kappa shape index (κ1) is 18.1. The van der Waals surface area contributed by atoms with Crippen LogP contribution in [0.15, 0.2) is 24.3 Å². The molecule has 2 rings (SSSR count). The highest BCUT2D eigenvalue weighted by molar-refractivity contribution is 5.87. The molecule has 1 heterocycles. The zero-order valence-electron chi connectivity index (χ0n) is 14.3. The van der Waals surface area contributed by atoms with Crippen LogP contribution in [0.3, 0.4) is 0 Å². The van der Waals surface area contributed by atoms with E-state index in [-0.39, 0.29) is 17.6 Å². The van der Waals surface area contributed by atoms with Crippen LogP contribution < -0.4 is 20.4 Å². The molecule has 1 atom stereocenters. The number of carbonyl (C=O) groups excluding carboxylic acids is 2. The number of likely N-dealkylation sites (N-methyl/N-ethyl adjacent to an activating group) is 1. The summed E-state index contributed by atoms with van der Waals surface area (Å²) in [6.07, 6.45) is 0. The van der Waals surface area contributed by atoms with Crippen LogP contribution in [-0.2, 0) is 9.59 Å². The normalized spacial score (nSPS) is 16.5. The van der Waals surface area contributed by atoms with Crippen molar-refractivity contribution in [3.8, 4) is 5.75 Å². The Balaban J connectivity index is 1.75. The van der Waals surface area contributed by atoms with E-state index in [9.17, 15) is 14.7 Å². The Labute approximate surface area is 142 Å². The largest absolute Gasteiger partial charge is 0.508 e. The quantitative estimate of drug-likeness (QED) is 0.523. The van der Waals surface area contributed by atoms with E-state index >= 15 is 0 Å². The van der Waals surface area contributed by atoms with E-state index in [2.05, 4.69) is 15.5 Å². The van der Waals surface area contributed by atoms with Gasteiger partial charge in [0, 0.05) is 12.2 Å². The molecule has 1 aliphatic heterocycles. The van der Waals surface area contributed by atoms with Crippen LogP contribution in [0.1, 0.15) is 13.8 Å². The number of anilines is 1. The fourth-order valence-corrected chi connectivity index (χ4v) is 2.83. The van der Waals surface area contributed by atoms with E-state index in [1.807, 2.05) is 19.1 Å². The van der Waals surface area contributed by atoms with Gasteiger partial charge in [-0.3, -0.25) is 9.59 Å². The molecule has 1 aliphatic rings. The van der Waals surface area contributed by atoms with E-state index in [0.29, 0.717) is 13.1 Å². The number of benzene rings is 1. The minimum Gasteiger partial charge on any atom is -0.508 e. The number of amides is 2. The lowest BCUT2D eigenvalue weighted by Crippen LogP contribution is -3.16. The lowest BCUT2D eigenvalue weighted by atomic mass is 10.2. The summed E-state index contributed by atoms with van der Waals surface area (Å²) in [7, 11) is 0. The maximum atomic E-state index is 12.1. The number of rotatable bonds is 6. The molecular formula is C17H27N4O3+. The van der Waals surface area contributed by atoms with E-state index in [1.165, 1.54) is 4.90 Å². The highest BCUT2D eigenvalue weighted by Crippen LogP contribution is 2.17. The Hall–Kier alpha value is -2.28. The third-order valence-corrected chi connectivity index (χ3v) is 4.22. The molecule has 0 bridgehead atoms. The van der Waals surface area contributed by atoms with Crippen molar-refractivity contribution in [1.29, 1.82) is 0 Å². The average molecular weight is 335 g/mol. The summed E-state index contributed by atoms with van der Waals surface area (Å²) >= 11 is 0. The fraction of sp³-hybridized carbons (Fsp3) is 0.529. The molecule has 1 aromatic rings. The number of nitrogens with one attached hydrogen (secondary N) is 3. The number of phenols is 1. The molecule has 132 valence electrons. The van der Waals surface area contributed by atoms with Gasteiger partial charge >= 0.3 is 0 Å². The summed E-state index contributed by atoms with van der Waals surface area (Å²) in [4.78, 5) is 27.2. The first-order valence-corrected chi connectivity index (χ1v) is 8.44. The van der Waals surface area contributed by atoms with Crippen molar-refractivity contribution in [2.45, 2.75) is 19.9 Å². The van der Waals surface area contributed by atoms with Crippen LogP contribution in [0.2, 0.25) is 0 Å². The second-order valence-electron chi connectivity index (χ2n) is 6.11. The third-order valence-electron chi connectivity index (χ3n) is 4.22. The molecule has 4 N–H and O–H groups in total. The van der Waals surface area contributed by atoms with Crippen molar-refractivity contribution in [1.82, 2.24) is 10.6 Å². The van der Waals surface area contributed by atoms with Crippen molar-refractivity contribution in [3.05, 3.63) is 24.3 Å². The zero-order chi connectivity index (χ0) is 17.5.